The van der Waals surface area contributed by atoms with Gasteiger partial charge in [0.25, 0.3) is 0 Å². The van der Waals surface area contributed by atoms with Gasteiger partial charge in [0.15, 0.2) is 0 Å². The molecule has 0 aliphatic heterocycles. The molecule has 0 bridgehead atoms. The molecule has 40 valence electrons. The van der Waals surface area contributed by atoms with Crippen LogP contribution >= 0.6 is 0 Å². The summed E-state index contributed by atoms with van der Waals surface area (Å²) in [6, 6.07) is 0. The molecule has 0 unspecified atom stereocenters. The fourth-order valence-corrected chi connectivity index (χ4v) is 0. The standard InChI is InChI=1S/2Nb.5O.2Sr/q2*+5;5*-2;2*+2. The summed E-state index contributed by atoms with van der Waals surface area (Å²) in [6.45, 7) is 0. The van der Waals surface area contributed by atoms with E-state index in [1.807, 2.05) is 0 Å². The second-order valence-corrected chi connectivity index (χ2v) is 0. The SMILES string of the molecule is [Nb+5].[Nb+5].[O-2].[O-2].[O-2].[O-2].[O-2].[Sr+2].[Sr+2]. The van der Waals surface area contributed by atoms with Crippen molar-refractivity contribution in [1.29, 1.82) is 0 Å². The van der Waals surface area contributed by atoms with Crippen molar-refractivity contribution in [2.45, 2.75) is 0 Å². The average Bonchev–Trinajstić information content (AvgIpc) is 0. The summed E-state index contributed by atoms with van der Waals surface area (Å²) in [5.41, 5.74) is 0. The van der Waals surface area contributed by atoms with Crippen molar-refractivity contribution in [1.82, 2.24) is 0 Å². The molecule has 0 saturated carbocycles. The average molecular weight is 441 g/mol. The van der Waals surface area contributed by atoms with E-state index in [0.29, 0.717) is 0 Å². The van der Waals surface area contributed by atoms with Gasteiger partial charge in [0.2, 0.25) is 0 Å². The molecule has 0 aromatic carbocycles. The fraction of sp³-hybridized carbons (Fsp3) is 0. The smallest absolute Gasteiger partial charge is 2.00 e. The summed E-state index contributed by atoms with van der Waals surface area (Å²) in [5.74, 6) is 0. The van der Waals surface area contributed by atoms with E-state index in [9.17, 15) is 0 Å². The van der Waals surface area contributed by atoms with E-state index in [4.69, 9.17) is 0 Å². The van der Waals surface area contributed by atoms with Crippen LogP contribution in [0.4, 0.5) is 0 Å². The van der Waals surface area contributed by atoms with E-state index in [2.05, 4.69) is 0 Å². The van der Waals surface area contributed by atoms with Gasteiger partial charge >= 0.3 is 136 Å². The quantitative estimate of drug-likeness (QED) is 0.410. The molecule has 0 atom stereocenters. The van der Waals surface area contributed by atoms with Crippen LogP contribution in [0, 0.1) is 0 Å². The Balaban J connectivity index is 0. The van der Waals surface area contributed by atoms with Gasteiger partial charge in [0, 0.05) is 0 Å². The Labute approximate surface area is 159 Å². The first-order valence-corrected chi connectivity index (χ1v) is 0. The van der Waals surface area contributed by atoms with Crippen molar-refractivity contribution in [3.8, 4) is 0 Å². The van der Waals surface area contributed by atoms with Gasteiger partial charge in [-0.05, 0) is 0 Å². The molecule has 0 amide bonds. The van der Waals surface area contributed by atoms with Crippen LogP contribution in [0.5, 0.6) is 0 Å². The minimum atomic E-state index is 0. The predicted molar refractivity (Wildman–Crippen MR) is 14.9 cm³/mol. The molecule has 9 heteroatoms. The normalized spacial score (nSPS) is 0. The second-order valence-electron chi connectivity index (χ2n) is 0. The molecule has 5 nitrogen and oxygen atoms in total. The summed E-state index contributed by atoms with van der Waals surface area (Å²) in [7, 11) is 0. The molecule has 0 aromatic rings. The van der Waals surface area contributed by atoms with Crippen molar-refractivity contribution in [3.05, 3.63) is 0 Å². The van der Waals surface area contributed by atoms with Gasteiger partial charge in [-0.25, -0.2) is 0 Å². The Hall–Kier alpha value is 4.24. The predicted octanol–water partition coefficient (Wildman–Crippen LogP) is -1.36. The van der Waals surface area contributed by atoms with Crippen LogP contribution in [-0.2, 0) is 72.1 Å². The molecule has 0 aromatic heterocycles. The molecule has 0 radical (unpaired) electrons. The van der Waals surface area contributed by atoms with Gasteiger partial charge in [-0.3, -0.25) is 0 Å². The van der Waals surface area contributed by atoms with E-state index in [1.54, 1.807) is 0 Å². The van der Waals surface area contributed by atoms with Crippen LogP contribution in [-0.4, -0.2) is 91.0 Å². The maximum atomic E-state index is 0. The Morgan fingerprint density at radius 1 is 0.333 bits per heavy atom. The first-order valence-electron chi connectivity index (χ1n) is 0. The summed E-state index contributed by atoms with van der Waals surface area (Å²) < 4.78 is 0. The Morgan fingerprint density at radius 3 is 0.333 bits per heavy atom. The third-order valence-electron chi connectivity index (χ3n) is 0. The Bertz CT molecular complexity index is 12.9. The Kier molecular flexibility index (Phi) is 1050. The Morgan fingerprint density at radius 2 is 0.333 bits per heavy atom. The second kappa shape index (κ2) is 86.0. The van der Waals surface area contributed by atoms with Crippen LogP contribution < -0.4 is 0 Å². The van der Waals surface area contributed by atoms with Crippen LogP contribution in [0.2, 0.25) is 0 Å². The van der Waals surface area contributed by atoms with Crippen molar-refractivity contribution in [3.63, 3.8) is 0 Å². The molecule has 0 saturated heterocycles. The molecule has 0 heterocycles. The van der Waals surface area contributed by atoms with E-state index in [0.717, 1.165) is 0 Å². The van der Waals surface area contributed by atoms with E-state index in [-0.39, 0.29) is 163 Å². The van der Waals surface area contributed by atoms with Crippen molar-refractivity contribution in [2.75, 3.05) is 0 Å². The third-order valence-corrected chi connectivity index (χ3v) is 0. The molecular formula is Nb2O5Sr2+4. The zero-order chi connectivity index (χ0) is 0. The topological polar surface area (TPSA) is 142 Å². The first-order chi connectivity index (χ1) is 0. The van der Waals surface area contributed by atoms with E-state index < -0.39 is 0 Å². The van der Waals surface area contributed by atoms with Crippen LogP contribution in [0.25, 0.3) is 0 Å². The maximum Gasteiger partial charge on any atom is 5.00 e. The minimum Gasteiger partial charge on any atom is -2.00 e. The van der Waals surface area contributed by atoms with Crippen molar-refractivity contribution in [2.24, 2.45) is 0 Å². The molecule has 0 aliphatic carbocycles. The molecule has 9 heavy (non-hydrogen) atoms. The van der Waals surface area contributed by atoms with Gasteiger partial charge < -0.3 is 27.4 Å². The van der Waals surface area contributed by atoms with Gasteiger partial charge in [-0.15, -0.1) is 0 Å². The third kappa shape index (κ3) is 71.4. The van der Waals surface area contributed by atoms with Gasteiger partial charge in [0.1, 0.15) is 0 Å². The fourth-order valence-electron chi connectivity index (χ4n) is 0. The number of rotatable bonds is 0. The van der Waals surface area contributed by atoms with Crippen LogP contribution in [0.3, 0.4) is 0 Å². The van der Waals surface area contributed by atoms with Crippen LogP contribution in [0.15, 0.2) is 0 Å². The van der Waals surface area contributed by atoms with Gasteiger partial charge in [0.05, 0.1) is 0 Å². The molecule has 0 N–H and O–H groups in total. The summed E-state index contributed by atoms with van der Waals surface area (Å²) in [5, 5.41) is 0. The van der Waals surface area contributed by atoms with E-state index >= 15 is 0 Å². The molecular weight excluding hydrogens is 441 g/mol. The molecule has 0 aliphatic rings. The van der Waals surface area contributed by atoms with Crippen molar-refractivity contribution < 1.29 is 72.1 Å². The number of hydrogen-bond acceptors (Lipinski definition) is 0. The monoisotopic (exact) mass is 442 g/mol. The molecule has 0 spiro atoms. The van der Waals surface area contributed by atoms with Crippen LogP contribution in [0.1, 0.15) is 0 Å². The van der Waals surface area contributed by atoms with Gasteiger partial charge in [-0.1, -0.05) is 0 Å². The maximum absolute atomic E-state index is 0. The minimum absolute atomic E-state index is 0. The number of hydrogen-bond donors (Lipinski definition) is 0. The summed E-state index contributed by atoms with van der Waals surface area (Å²) in [6.07, 6.45) is 0. The zero-order valence-electron chi connectivity index (χ0n) is 4.35. The van der Waals surface area contributed by atoms with E-state index in [1.165, 1.54) is 0 Å². The molecule has 0 rings (SSSR count). The van der Waals surface area contributed by atoms with Crippen molar-refractivity contribution >= 4 is 91.0 Å². The summed E-state index contributed by atoms with van der Waals surface area (Å²) in [4.78, 5) is 0. The first kappa shape index (κ1) is 110. The van der Waals surface area contributed by atoms with Gasteiger partial charge in [-0.2, -0.15) is 0 Å². The molecule has 0 fully saturated rings. The largest absolute Gasteiger partial charge is 5.00 e. The summed E-state index contributed by atoms with van der Waals surface area (Å²) >= 11 is 0. The zero-order valence-corrected chi connectivity index (χ0v) is 15.7.